The van der Waals surface area contributed by atoms with E-state index in [4.69, 9.17) is 4.74 Å². The summed E-state index contributed by atoms with van der Waals surface area (Å²) in [6.45, 7) is 2.80. The first-order valence-electron chi connectivity index (χ1n) is 7.73. The molecule has 4 heteroatoms. The van der Waals surface area contributed by atoms with Crippen molar-refractivity contribution in [2.45, 2.75) is 13.0 Å². The van der Waals surface area contributed by atoms with Crippen LogP contribution in [0.15, 0.2) is 67.0 Å². The van der Waals surface area contributed by atoms with Crippen molar-refractivity contribution in [2.24, 2.45) is 0 Å². The van der Waals surface area contributed by atoms with Crippen LogP contribution < -0.4 is 10.1 Å². The van der Waals surface area contributed by atoms with Crippen LogP contribution in [0.1, 0.15) is 11.7 Å². The van der Waals surface area contributed by atoms with Crippen molar-refractivity contribution in [3.63, 3.8) is 0 Å². The Labute approximate surface area is 135 Å². The second-order valence-electron chi connectivity index (χ2n) is 5.59. The molecule has 1 heterocycles. The zero-order valence-electron chi connectivity index (χ0n) is 13.1. The summed E-state index contributed by atoms with van der Waals surface area (Å²) in [4.78, 5) is 11.9. The smallest absolute Gasteiger partial charge is 0.244 e. The highest BCUT2D eigenvalue weighted by Gasteiger charge is 2.07. The molecule has 0 radical (unpaired) electrons. The zero-order chi connectivity index (χ0) is 16.1. The van der Waals surface area contributed by atoms with Gasteiger partial charge in [0, 0.05) is 18.4 Å². The van der Waals surface area contributed by atoms with Crippen LogP contribution in [0.2, 0.25) is 0 Å². The number of nitrogens with zero attached hydrogens (tertiary/aromatic N) is 1. The van der Waals surface area contributed by atoms with Crippen molar-refractivity contribution in [1.82, 2.24) is 9.88 Å². The number of carbonyl (C=O) groups is 1. The maximum Gasteiger partial charge on any atom is 0.244 e. The highest BCUT2D eigenvalue weighted by Crippen LogP contribution is 2.20. The van der Waals surface area contributed by atoms with Crippen molar-refractivity contribution >= 4 is 16.7 Å². The fraction of sp³-hybridized carbons (Fsp3) is 0.211. The van der Waals surface area contributed by atoms with Crippen LogP contribution in [0.4, 0.5) is 0 Å². The molecule has 0 saturated carbocycles. The Hall–Kier alpha value is -2.59. The summed E-state index contributed by atoms with van der Waals surface area (Å²) in [6.07, 6.45) is 3.50. The van der Waals surface area contributed by atoms with Crippen molar-refractivity contribution in [3.05, 3.63) is 67.0 Å². The average molecular weight is 308 g/mol. The van der Waals surface area contributed by atoms with Gasteiger partial charge in [-0.15, -0.1) is 0 Å². The fourth-order valence-corrected chi connectivity index (χ4v) is 2.39. The van der Waals surface area contributed by atoms with E-state index in [1.165, 1.54) is 5.39 Å². The molecule has 2 aromatic carbocycles. The van der Waals surface area contributed by atoms with Crippen LogP contribution in [0, 0.1) is 0 Å². The van der Waals surface area contributed by atoms with Gasteiger partial charge in [-0.25, -0.2) is 0 Å². The Kier molecular flexibility index (Phi) is 4.74. The Morgan fingerprint density at radius 2 is 1.83 bits per heavy atom. The van der Waals surface area contributed by atoms with Crippen LogP contribution in [0.5, 0.6) is 5.75 Å². The highest BCUT2D eigenvalue weighted by molar-refractivity contribution is 5.83. The maximum absolute atomic E-state index is 11.9. The lowest BCUT2D eigenvalue weighted by Crippen LogP contribution is -2.37. The van der Waals surface area contributed by atoms with Gasteiger partial charge in [0.15, 0.2) is 0 Å². The van der Waals surface area contributed by atoms with Crippen LogP contribution in [-0.4, -0.2) is 29.7 Å². The molecule has 1 N–H and O–H groups in total. The van der Waals surface area contributed by atoms with Gasteiger partial charge in [-0.05, 0) is 42.0 Å². The molecular formula is C19H20N2O2. The van der Waals surface area contributed by atoms with Gasteiger partial charge in [-0.3, -0.25) is 9.36 Å². The molecule has 0 fully saturated rings. The first-order chi connectivity index (χ1) is 11.2. The van der Waals surface area contributed by atoms with E-state index in [-0.39, 0.29) is 18.5 Å². The molecule has 1 atom stereocenters. The molecule has 0 bridgehead atoms. The first-order valence-corrected chi connectivity index (χ1v) is 7.73. The minimum Gasteiger partial charge on any atom is -0.492 e. The summed E-state index contributed by atoms with van der Waals surface area (Å²) < 4.78 is 7.39. The normalized spacial score (nSPS) is 12.2. The topological polar surface area (TPSA) is 43.3 Å². The summed E-state index contributed by atoms with van der Waals surface area (Å²) in [6, 6.07) is 18.0. The Morgan fingerprint density at radius 3 is 2.61 bits per heavy atom. The van der Waals surface area contributed by atoms with Gasteiger partial charge in [0.05, 0.1) is 6.54 Å². The van der Waals surface area contributed by atoms with Crippen molar-refractivity contribution in [2.75, 3.05) is 13.2 Å². The third-order valence-corrected chi connectivity index (χ3v) is 3.72. The standard InChI is InChI=1S/C19H20N2O2/c1-15(20-13-19(22)21-10-4-5-11-21)14-23-18-9-8-16-6-2-3-7-17(16)12-18/h2-12,15,20H,13-14H2,1H3/t15-/m0/s1. The van der Waals surface area contributed by atoms with Gasteiger partial charge in [0.25, 0.3) is 0 Å². The minimum atomic E-state index is 0.0209. The summed E-state index contributed by atoms with van der Waals surface area (Å²) in [5.74, 6) is 0.863. The van der Waals surface area contributed by atoms with Crippen LogP contribution >= 0.6 is 0 Å². The molecule has 23 heavy (non-hydrogen) atoms. The molecule has 1 aromatic heterocycles. The number of aromatic nitrogens is 1. The molecule has 118 valence electrons. The number of benzene rings is 2. The van der Waals surface area contributed by atoms with E-state index >= 15 is 0 Å². The van der Waals surface area contributed by atoms with Gasteiger partial charge in [0.1, 0.15) is 12.4 Å². The van der Waals surface area contributed by atoms with Crippen molar-refractivity contribution < 1.29 is 9.53 Å². The number of hydrogen-bond donors (Lipinski definition) is 1. The van der Waals surface area contributed by atoms with E-state index in [0.29, 0.717) is 6.61 Å². The molecule has 4 nitrogen and oxygen atoms in total. The molecule has 0 aliphatic carbocycles. The lowest BCUT2D eigenvalue weighted by Gasteiger charge is -2.15. The van der Waals surface area contributed by atoms with E-state index in [0.717, 1.165) is 11.1 Å². The van der Waals surface area contributed by atoms with Crippen molar-refractivity contribution in [1.29, 1.82) is 0 Å². The second kappa shape index (κ2) is 7.11. The Morgan fingerprint density at radius 1 is 1.09 bits per heavy atom. The molecule has 0 amide bonds. The summed E-state index contributed by atoms with van der Waals surface area (Å²) in [7, 11) is 0. The van der Waals surface area contributed by atoms with Crippen LogP contribution in [0.3, 0.4) is 0 Å². The highest BCUT2D eigenvalue weighted by atomic mass is 16.5. The summed E-state index contributed by atoms with van der Waals surface area (Å²) in [5, 5.41) is 5.54. The van der Waals surface area contributed by atoms with E-state index in [9.17, 15) is 4.79 Å². The maximum atomic E-state index is 11.9. The van der Waals surface area contributed by atoms with Gasteiger partial charge < -0.3 is 10.1 Å². The largest absolute Gasteiger partial charge is 0.492 e. The fourth-order valence-electron chi connectivity index (χ4n) is 2.39. The minimum absolute atomic E-state index is 0.0209. The SMILES string of the molecule is C[C@@H](COc1ccc2ccccc2c1)NCC(=O)n1cccc1. The molecular weight excluding hydrogens is 288 g/mol. The summed E-state index contributed by atoms with van der Waals surface area (Å²) in [5.41, 5.74) is 0. The summed E-state index contributed by atoms with van der Waals surface area (Å²) >= 11 is 0. The quantitative estimate of drug-likeness (QED) is 0.759. The number of ether oxygens (including phenoxy) is 1. The van der Waals surface area contributed by atoms with E-state index < -0.39 is 0 Å². The first kappa shape index (κ1) is 15.3. The van der Waals surface area contributed by atoms with Gasteiger partial charge in [-0.2, -0.15) is 0 Å². The molecule has 0 saturated heterocycles. The molecule has 0 aliphatic rings. The molecule has 0 spiro atoms. The van der Waals surface area contributed by atoms with E-state index in [2.05, 4.69) is 23.5 Å². The lowest BCUT2D eigenvalue weighted by atomic mass is 10.1. The number of carbonyl (C=O) groups excluding carboxylic acids is 1. The number of rotatable bonds is 6. The van der Waals surface area contributed by atoms with Gasteiger partial charge >= 0.3 is 0 Å². The van der Waals surface area contributed by atoms with Crippen LogP contribution in [0.25, 0.3) is 10.8 Å². The van der Waals surface area contributed by atoms with E-state index in [1.807, 2.05) is 43.3 Å². The molecule has 3 aromatic rings. The predicted octanol–water partition coefficient (Wildman–Crippen LogP) is 3.34. The second-order valence-corrected chi connectivity index (χ2v) is 5.59. The lowest BCUT2D eigenvalue weighted by molar-refractivity contribution is 0.0906. The Balaban J connectivity index is 1.49. The van der Waals surface area contributed by atoms with Crippen molar-refractivity contribution in [3.8, 4) is 5.75 Å². The Bertz CT molecular complexity index is 781. The molecule has 3 rings (SSSR count). The van der Waals surface area contributed by atoms with Gasteiger partial charge in [-0.1, -0.05) is 30.3 Å². The average Bonchev–Trinajstić information content (AvgIpc) is 3.12. The predicted molar refractivity (Wildman–Crippen MR) is 92.0 cm³/mol. The monoisotopic (exact) mass is 308 g/mol. The van der Waals surface area contributed by atoms with Crippen LogP contribution in [-0.2, 0) is 0 Å². The number of nitrogens with one attached hydrogen (secondary N) is 1. The molecule has 0 aliphatic heterocycles. The number of fused-ring (bicyclic) bond motifs is 1. The molecule has 0 unspecified atom stereocenters. The van der Waals surface area contributed by atoms with Gasteiger partial charge in [0.2, 0.25) is 5.91 Å². The number of hydrogen-bond acceptors (Lipinski definition) is 3. The third kappa shape index (κ3) is 3.99. The zero-order valence-corrected chi connectivity index (χ0v) is 13.1. The van der Waals surface area contributed by atoms with E-state index in [1.54, 1.807) is 17.0 Å². The third-order valence-electron chi connectivity index (χ3n) is 3.72.